The molecule has 2 rings (SSSR count). The predicted octanol–water partition coefficient (Wildman–Crippen LogP) is 2.38. The zero-order valence-corrected chi connectivity index (χ0v) is 9.84. The molecule has 0 aromatic heterocycles. The molecule has 1 aliphatic rings. The van der Waals surface area contributed by atoms with E-state index in [4.69, 9.17) is 0 Å². The minimum Gasteiger partial charge on any atom is -0.326 e. The molecule has 1 aromatic carbocycles. The Morgan fingerprint density at radius 1 is 1.50 bits per heavy atom. The number of hydrogen-bond acceptors (Lipinski definition) is 2. The van der Waals surface area contributed by atoms with Crippen molar-refractivity contribution in [2.75, 3.05) is 11.9 Å². The molecule has 1 atom stereocenters. The fraction of sp³-hybridized carbons (Fsp3) is 0.462. The second-order valence-corrected chi connectivity index (χ2v) is 4.40. The first kappa shape index (κ1) is 11.1. The van der Waals surface area contributed by atoms with E-state index in [1.165, 1.54) is 30.9 Å². The predicted molar refractivity (Wildman–Crippen MR) is 65.5 cm³/mol. The lowest BCUT2D eigenvalue weighted by atomic mass is 9.99. The fourth-order valence-corrected chi connectivity index (χ4v) is 2.30. The molecule has 1 heterocycles. The lowest BCUT2D eigenvalue weighted by molar-refractivity contribution is -0.114. The minimum atomic E-state index is -0.0221. The van der Waals surface area contributed by atoms with Gasteiger partial charge < -0.3 is 10.6 Å². The summed E-state index contributed by atoms with van der Waals surface area (Å²) >= 11 is 0. The summed E-state index contributed by atoms with van der Waals surface area (Å²) in [7, 11) is 0. The zero-order valence-electron chi connectivity index (χ0n) is 9.84. The van der Waals surface area contributed by atoms with Crippen molar-refractivity contribution >= 4 is 11.6 Å². The SMILES string of the molecule is CC(=O)Nc1ccc([C@H]2CCCN2)c(C)c1. The fourth-order valence-electron chi connectivity index (χ4n) is 2.30. The first-order valence-electron chi connectivity index (χ1n) is 5.78. The van der Waals surface area contributed by atoms with Gasteiger partial charge in [0.15, 0.2) is 0 Å². The van der Waals surface area contributed by atoms with Gasteiger partial charge in [0.1, 0.15) is 0 Å². The number of aryl methyl sites for hydroxylation is 1. The van der Waals surface area contributed by atoms with Crippen LogP contribution in [0, 0.1) is 6.92 Å². The zero-order chi connectivity index (χ0) is 11.5. The lowest BCUT2D eigenvalue weighted by Gasteiger charge is -2.15. The molecule has 0 aliphatic carbocycles. The second kappa shape index (κ2) is 4.66. The van der Waals surface area contributed by atoms with Gasteiger partial charge in [-0.3, -0.25) is 4.79 Å². The van der Waals surface area contributed by atoms with Crippen molar-refractivity contribution in [3.63, 3.8) is 0 Å². The Hall–Kier alpha value is -1.35. The number of anilines is 1. The maximum Gasteiger partial charge on any atom is 0.221 e. The maximum absolute atomic E-state index is 10.9. The average Bonchev–Trinajstić information content (AvgIpc) is 2.69. The summed E-state index contributed by atoms with van der Waals surface area (Å²) in [5, 5.41) is 6.29. The van der Waals surface area contributed by atoms with Crippen LogP contribution < -0.4 is 10.6 Å². The third-order valence-corrected chi connectivity index (χ3v) is 3.03. The van der Waals surface area contributed by atoms with E-state index in [1.54, 1.807) is 0 Å². The van der Waals surface area contributed by atoms with Crippen molar-refractivity contribution in [3.05, 3.63) is 29.3 Å². The second-order valence-electron chi connectivity index (χ2n) is 4.40. The maximum atomic E-state index is 10.9. The van der Waals surface area contributed by atoms with Crippen LogP contribution in [0.2, 0.25) is 0 Å². The molecule has 16 heavy (non-hydrogen) atoms. The van der Waals surface area contributed by atoms with Crippen molar-refractivity contribution < 1.29 is 4.79 Å². The van der Waals surface area contributed by atoms with Crippen molar-refractivity contribution in [1.29, 1.82) is 0 Å². The Labute approximate surface area is 96.2 Å². The summed E-state index contributed by atoms with van der Waals surface area (Å²) in [5.74, 6) is -0.0221. The molecule has 1 aromatic rings. The number of amides is 1. The van der Waals surface area contributed by atoms with Crippen molar-refractivity contribution in [2.45, 2.75) is 32.7 Å². The largest absolute Gasteiger partial charge is 0.326 e. The molecule has 0 radical (unpaired) electrons. The van der Waals surface area contributed by atoms with E-state index in [-0.39, 0.29) is 5.91 Å². The summed E-state index contributed by atoms with van der Waals surface area (Å²) in [6, 6.07) is 6.62. The first-order chi connectivity index (χ1) is 7.66. The van der Waals surface area contributed by atoms with Gasteiger partial charge in [-0.25, -0.2) is 0 Å². The van der Waals surface area contributed by atoms with Gasteiger partial charge in [-0.15, -0.1) is 0 Å². The highest BCUT2D eigenvalue weighted by atomic mass is 16.1. The van der Waals surface area contributed by atoms with E-state index in [0.29, 0.717) is 6.04 Å². The quantitative estimate of drug-likeness (QED) is 0.800. The first-order valence-corrected chi connectivity index (χ1v) is 5.78. The number of nitrogens with one attached hydrogen (secondary N) is 2. The molecular weight excluding hydrogens is 200 g/mol. The van der Waals surface area contributed by atoms with Crippen LogP contribution in [-0.2, 0) is 4.79 Å². The lowest BCUT2D eigenvalue weighted by Crippen LogP contribution is -2.14. The molecule has 3 heteroatoms. The molecule has 2 N–H and O–H groups in total. The van der Waals surface area contributed by atoms with E-state index in [9.17, 15) is 4.79 Å². The van der Waals surface area contributed by atoms with E-state index in [1.807, 2.05) is 12.1 Å². The Kier molecular flexibility index (Phi) is 3.25. The highest BCUT2D eigenvalue weighted by Gasteiger charge is 2.17. The van der Waals surface area contributed by atoms with E-state index in [0.717, 1.165) is 12.2 Å². The van der Waals surface area contributed by atoms with Crippen LogP contribution in [0.4, 0.5) is 5.69 Å². The number of hydrogen-bond donors (Lipinski definition) is 2. The molecule has 0 unspecified atom stereocenters. The molecule has 1 aliphatic heterocycles. The topological polar surface area (TPSA) is 41.1 Å². The smallest absolute Gasteiger partial charge is 0.221 e. The Morgan fingerprint density at radius 2 is 2.31 bits per heavy atom. The summed E-state index contributed by atoms with van der Waals surface area (Å²) in [5.41, 5.74) is 3.48. The van der Waals surface area contributed by atoms with Gasteiger partial charge >= 0.3 is 0 Å². The van der Waals surface area contributed by atoms with Gasteiger partial charge in [0.2, 0.25) is 5.91 Å². The van der Waals surface area contributed by atoms with Crippen molar-refractivity contribution in [1.82, 2.24) is 5.32 Å². The van der Waals surface area contributed by atoms with E-state index in [2.05, 4.69) is 23.6 Å². The van der Waals surface area contributed by atoms with Crippen LogP contribution >= 0.6 is 0 Å². The van der Waals surface area contributed by atoms with Crippen LogP contribution in [0.15, 0.2) is 18.2 Å². The molecule has 1 amide bonds. The third kappa shape index (κ3) is 2.42. The highest BCUT2D eigenvalue weighted by molar-refractivity contribution is 5.88. The van der Waals surface area contributed by atoms with Gasteiger partial charge in [0, 0.05) is 18.7 Å². The Balaban J connectivity index is 2.18. The summed E-state index contributed by atoms with van der Waals surface area (Å²) in [4.78, 5) is 10.9. The average molecular weight is 218 g/mol. The number of rotatable bonds is 2. The molecule has 0 spiro atoms. The molecule has 0 saturated carbocycles. The normalized spacial score (nSPS) is 19.8. The Morgan fingerprint density at radius 3 is 2.88 bits per heavy atom. The summed E-state index contributed by atoms with van der Waals surface area (Å²) in [6.07, 6.45) is 2.46. The monoisotopic (exact) mass is 218 g/mol. The Bertz CT molecular complexity index is 395. The van der Waals surface area contributed by atoms with Gasteiger partial charge in [0.05, 0.1) is 0 Å². The van der Waals surface area contributed by atoms with E-state index < -0.39 is 0 Å². The van der Waals surface area contributed by atoms with Crippen molar-refractivity contribution in [2.24, 2.45) is 0 Å². The van der Waals surface area contributed by atoms with Crippen LogP contribution in [0.25, 0.3) is 0 Å². The minimum absolute atomic E-state index is 0.0221. The molecule has 1 saturated heterocycles. The summed E-state index contributed by atoms with van der Waals surface area (Å²) < 4.78 is 0. The van der Waals surface area contributed by atoms with E-state index >= 15 is 0 Å². The molecule has 0 bridgehead atoms. The number of carbonyl (C=O) groups is 1. The highest BCUT2D eigenvalue weighted by Crippen LogP contribution is 2.27. The van der Waals surface area contributed by atoms with Crippen LogP contribution in [0.5, 0.6) is 0 Å². The van der Waals surface area contributed by atoms with Gasteiger partial charge in [-0.2, -0.15) is 0 Å². The van der Waals surface area contributed by atoms with Gasteiger partial charge in [-0.05, 0) is 49.6 Å². The van der Waals surface area contributed by atoms with Crippen LogP contribution in [0.3, 0.4) is 0 Å². The molecule has 3 nitrogen and oxygen atoms in total. The molecular formula is C13H18N2O. The van der Waals surface area contributed by atoms with Crippen LogP contribution in [-0.4, -0.2) is 12.5 Å². The number of carbonyl (C=O) groups excluding carboxylic acids is 1. The van der Waals surface area contributed by atoms with Gasteiger partial charge in [0.25, 0.3) is 0 Å². The molecule has 1 fully saturated rings. The van der Waals surface area contributed by atoms with Crippen molar-refractivity contribution in [3.8, 4) is 0 Å². The standard InChI is InChI=1S/C13H18N2O/c1-9-8-11(15-10(2)16)5-6-12(9)13-4-3-7-14-13/h5-6,8,13-14H,3-4,7H2,1-2H3,(H,15,16)/t13-/m1/s1. The summed E-state index contributed by atoms with van der Waals surface area (Å²) in [6.45, 7) is 4.74. The third-order valence-electron chi connectivity index (χ3n) is 3.03. The van der Waals surface area contributed by atoms with Gasteiger partial charge in [-0.1, -0.05) is 6.07 Å². The van der Waals surface area contributed by atoms with Crippen LogP contribution in [0.1, 0.15) is 36.9 Å². The molecule has 86 valence electrons. The number of benzene rings is 1.